The van der Waals surface area contributed by atoms with Crippen LogP contribution in [-0.2, 0) is 4.79 Å². The molecule has 1 atom stereocenters. The highest BCUT2D eigenvalue weighted by Gasteiger charge is 2.30. The molecule has 114 valence electrons. The molecule has 2 heterocycles. The van der Waals surface area contributed by atoms with E-state index in [1.54, 1.807) is 6.92 Å². The summed E-state index contributed by atoms with van der Waals surface area (Å²) in [5, 5.41) is 16.8. The van der Waals surface area contributed by atoms with Crippen molar-refractivity contribution in [2.24, 2.45) is 0 Å². The Morgan fingerprint density at radius 2 is 2.43 bits per heavy atom. The number of piperazine rings is 1. The molecule has 0 aliphatic carbocycles. The second kappa shape index (κ2) is 6.49. The van der Waals surface area contributed by atoms with Gasteiger partial charge < -0.3 is 15.5 Å². The molecule has 0 saturated carbocycles. The summed E-state index contributed by atoms with van der Waals surface area (Å²) in [6, 6.07) is 1.13. The minimum absolute atomic E-state index is 0.0408. The molecule has 1 aromatic rings. The number of hydrogen-bond acceptors (Lipinski definition) is 6. The van der Waals surface area contributed by atoms with Crippen LogP contribution < -0.4 is 15.5 Å². The van der Waals surface area contributed by atoms with Gasteiger partial charge in [-0.2, -0.15) is 0 Å². The lowest BCUT2D eigenvalue weighted by Gasteiger charge is -2.36. The summed E-state index contributed by atoms with van der Waals surface area (Å²) >= 11 is 0. The van der Waals surface area contributed by atoms with E-state index in [4.69, 9.17) is 0 Å². The van der Waals surface area contributed by atoms with E-state index in [1.807, 2.05) is 11.8 Å². The first kappa shape index (κ1) is 15.2. The Hall–Kier alpha value is -2.22. The minimum atomic E-state index is -0.469. The normalized spacial score (nSPS) is 18.4. The Balaban J connectivity index is 2.29. The van der Waals surface area contributed by atoms with E-state index >= 15 is 0 Å². The highest BCUT2D eigenvalue weighted by atomic mass is 16.6. The summed E-state index contributed by atoms with van der Waals surface area (Å²) in [5.41, 5.74) is 0.654. The van der Waals surface area contributed by atoms with Crippen LogP contribution in [-0.4, -0.2) is 48.0 Å². The first-order valence-corrected chi connectivity index (χ1v) is 6.90. The Bertz CT molecular complexity index is 549. The van der Waals surface area contributed by atoms with Crippen molar-refractivity contribution in [2.45, 2.75) is 19.9 Å². The van der Waals surface area contributed by atoms with Crippen LogP contribution in [0.5, 0.6) is 0 Å². The third-order valence-corrected chi connectivity index (χ3v) is 3.42. The van der Waals surface area contributed by atoms with Gasteiger partial charge in [0.05, 0.1) is 4.92 Å². The number of amides is 1. The second-order valence-electron chi connectivity index (χ2n) is 4.90. The summed E-state index contributed by atoms with van der Waals surface area (Å²) in [6.45, 7) is 6.11. The van der Waals surface area contributed by atoms with Crippen LogP contribution >= 0.6 is 0 Å². The molecule has 1 unspecified atom stereocenters. The van der Waals surface area contributed by atoms with Gasteiger partial charge in [-0.05, 0) is 19.4 Å². The number of nitrogens with zero attached hydrogens (tertiary/aromatic N) is 3. The zero-order chi connectivity index (χ0) is 15.4. The lowest BCUT2D eigenvalue weighted by Crippen LogP contribution is -2.58. The second-order valence-corrected chi connectivity index (χ2v) is 4.90. The predicted molar refractivity (Wildman–Crippen MR) is 78.3 cm³/mol. The van der Waals surface area contributed by atoms with Gasteiger partial charge in [-0.1, -0.05) is 0 Å². The van der Waals surface area contributed by atoms with Crippen LogP contribution in [0, 0.1) is 17.0 Å². The number of carbonyl (C=O) groups excluding carboxylic acids is 1. The summed E-state index contributed by atoms with van der Waals surface area (Å²) in [4.78, 5) is 28.5. The average molecular weight is 293 g/mol. The molecular formula is C13H19N5O3. The van der Waals surface area contributed by atoms with Crippen LogP contribution in [0.25, 0.3) is 0 Å². The fourth-order valence-electron chi connectivity index (χ4n) is 2.44. The zero-order valence-corrected chi connectivity index (χ0v) is 12.1. The maximum Gasteiger partial charge on any atom is 0.287 e. The van der Waals surface area contributed by atoms with Crippen LogP contribution in [0.2, 0.25) is 0 Å². The molecule has 0 bridgehead atoms. The standard InChI is InChI=1S/C13H19N5O3/c1-3-15-13(19)11-8-14-4-5-17(11)12-9(2)6-10(7-16-12)18(20)21/h6-7,11,14H,3-5,8H2,1-2H3,(H,15,19). The minimum Gasteiger partial charge on any atom is -0.355 e. The molecule has 0 aromatic carbocycles. The number of hydrogen-bond donors (Lipinski definition) is 2. The van der Waals surface area contributed by atoms with Crippen molar-refractivity contribution in [3.8, 4) is 0 Å². The number of aromatic nitrogens is 1. The summed E-state index contributed by atoms with van der Waals surface area (Å²) < 4.78 is 0. The van der Waals surface area contributed by atoms with Crippen molar-refractivity contribution >= 4 is 17.4 Å². The van der Waals surface area contributed by atoms with Crippen LogP contribution in [0.3, 0.4) is 0 Å². The number of rotatable bonds is 4. The number of likely N-dealkylation sites (N-methyl/N-ethyl adjacent to an activating group) is 1. The molecule has 1 aliphatic rings. The Labute approximate surface area is 122 Å². The van der Waals surface area contributed by atoms with Gasteiger partial charge in [0.1, 0.15) is 18.1 Å². The van der Waals surface area contributed by atoms with Crippen molar-refractivity contribution in [3.63, 3.8) is 0 Å². The van der Waals surface area contributed by atoms with Crippen LogP contribution in [0.1, 0.15) is 12.5 Å². The quantitative estimate of drug-likeness (QED) is 0.608. The summed E-state index contributed by atoms with van der Waals surface area (Å²) in [5.74, 6) is 0.558. The van der Waals surface area contributed by atoms with Crippen molar-refractivity contribution in [1.29, 1.82) is 0 Å². The van der Waals surface area contributed by atoms with Gasteiger partial charge in [-0.15, -0.1) is 0 Å². The topological polar surface area (TPSA) is 100 Å². The molecule has 2 rings (SSSR count). The number of pyridine rings is 1. The maximum atomic E-state index is 12.1. The highest BCUT2D eigenvalue weighted by molar-refractivity contribution is 5.85. The molecule has 21 heavy (non-hydrogen) atoms. The van der Waals surface area contributed by atoms with Gasteiger partial charge in [0.2, 0.25) is 5.91 Å². The van der Waals surface area contributed by atoms with E-state index in [2.05, 4.69) is 15.6 Å². The van der Waals surface area contributed by atoms with Crippen molar-refractivity contribution in [1.82, 2.24) is 15.6 Å². The Kier molecular flexibility index (Phi) is 4.69. The Morgan fingerprint density at radius 1 is 1.67 bits per heavy atom. The first-order chi connectivity index (χ1) is 10.0. The molecule has 1 amide bonds. The third kappa shape index (κ3) is 3.27. The van der Waals surface area contributed by atoms with E-state index in [-0.39, 0.29) is 17.6 Å². The maximum absolute atomic E-state index is 12.1. The molecule has 8 heteroatoms. The number of nitrogens with one attached hydrogen (secondary N) is 2. The predicted octanol–water partition coefficient (Wildman–Crippen LogP) is 0.213. The lowest BCUT2D eigenvalue weighted by molar-refractivity contribution is -0.385. The molecule has 8 nitrogen and oxygen atoms in total. The molecule has 0 spiro atoms. The smallest absolute Gasteiger partial charge is 0.287 e. The van der Waals surface area contributed by atoms with Gasteiger partial charge in [0.25, 0.3) is 5.69 Å². The van der Waals surface area contributed by atoms with Gasteiger partial charge in [0, 0.05) is 32.2 Å². The molecule has 1 saturated heterocycles. The van der Waals surface area contributed by atoms with E-state index in [0.717, 1.165) is 6.54 Å². The monoisotopic (exact) mass is 293 g/mol. The van der Waals surface area contributed by atoms with Crippen molar-refractivity contribution < 1.29 is 9.72 Å². The molecule has 1 aromatic heterocycles. The van der Waals surface area contributed by atoms with Gasteiger partial charge >= 0.3 is 0 Å². The van der Waals surface area contributed by atoms with Gasteiger partial charge in [0.15, 0.2) is 0 Å². The van der Waals surface area contributed by atoms with E-state index in [1.165, 1.54) is 12.3 Å². The average Bonchev–Trinajstić information content (AvgIpc) is 2.47. The lowest BCUT2D eigenvalue weighted by atomic mass is 10.1. The number of aryl methyl sites for hydroxylation is 1. The van der Waals surface area contributed by atoms with E-state index in [9.17, 15) is 14.9 Å². The van der Waals surface area contributed by atoms with E-state index < -0.39 is 4.92 Å². The molecule has 0 radical (unpaired) electrons. The molecule has 1 fully saturated rings. The van der Waals surface area contributed by atoms with E-state index in [0.29, 0.717) is 31.0 Å². The number of anilines is 1. The van der Waals surface area contributed by atoms with Gasteiger partial charge in [-0.25, -0.2) is 4.98 Å². The summed E-state index contributed by atoms with van der Waals surface area (Å²) in [6.07, 6.45) is 1.24. The fourth-order valence-corrected chi connectivity index (χ4v) is 2.44. The molecule has 1 aliphatic heterocycles. The van der Waals surface area contributed by atoms with Crippen molar-refractivity contribution in [2.75, 3.05) is 31.1 Å². The third-order valence-electron chi connectivity index (χ3n) is 3.42. The number of carbonyl (C=O) groups is 1. The first-order valence-electron chi connectivity index (χ1n) is 6.90. The SMILES string of the molecule is CCNC(=O)C1CNCCN1c1ncc([N+](=O)[O-])cc1C. The van der Waals surface area contributed by atoms with Gasteiger partial charge in [-0.3, -0.25) is 14.9 Å². The molecular weight excluding hydrogens is 274 g/mol. The molecule has 2 N–H and O–H groups in total. The fraction of sp³-hybridized carbons (Fsp3) is 0.538. The van der Waals surface area contributed by atoms with Crippen molar-refractivity contribution in [3.05, 3.63) is 27.9 Å². The zero-order valence-electron chi connectivity index (χ0n) is 12.1. The highest BCUT2D eigenvalue weighted by Crippen LogP contribution is 2.24. The largest absolute Gasteiger partial charge is 0.355 e. The van der Waals surface area contributed by atoms with Crippen LogP contribution in [0.15, 0.2) is 12.3 Å². The summed E-state index contributed by atoms with van der Waals surface area (Å²) in [7, 11) is 0. The Morgan fingerprint density at radius 3 is 3.05 bits per heavy atom. The number of nitro groups is 1. The van der Waals surface area contributed by atoms with Crippen LogP contribution in [0.4, 0.5) is 11.5 Å².